The van der Waals surface area contributed by atoms with Gasteiger partial charge >= 0.3 is 0 Å². The average Bonchev–Trinajstić information content (AvgIpc) is 2.47. The van der Waals surface area contributed by atoms with Gasteiger partial charge in [0, 0.05) is 23.1 Å². The zero-order valence-electron chi connectivity index (χ0n) is 14.2. The van der Waals surface area contributed by atoms with Gasteiger partial charge in [-0.2, -0.15) is 0 Å². The van der Waals surface area contributed by atoms with Gasteiger partial charge in [-0.25, -0.2) is 0 Å². The molecule has 1 nitrogen and oxygen atoms in total. The van der Waals surface area contributed by atoms with E-state index >= 15 is 0 Å². The van der Waals surface area contributed by atoms with Crippen LogP contribution >= 0.6 is 0 Å². The Hall–Kier alpha value is -1.85. The van der Waals surface area contributed by atoms with Gasteiger partial charge in [0.2, 0.25) is 0 Å². The van der Waals surface area contributed by atoms with Crippen LogP contribution in [0.1, 0.15) is 37.0 Å². The molecule has 114 valence electrons. The maximum absolute atomic E-state index is 12.8. The lowest BCUT2D eigenvalue weighted by Crippen LogP contribution is -2.17. The molecule has 0 heterocycles. The van der Waals surface area contributed by atoms with Crippen molar-refractivity contribution in [2.75, 3.05) is 0 Å². The van der Waals surface area contributed by atoms with Crippen LogP contribution in [0.3, 0.4) is 0 Å². The lowest BCUT2D eigenvalue weighted by molar-refractivity contribution is 0.103. The highest BCUT2D eigenvalue weighted by Gasteiger charge is 2.22. The molecule has 0 aliphatic heterocycles. The summed E-state index contributed by atoms with van der Waals surface area (Å²) in [5, 5.41) is 0. The van der Waals surface area contributed by atoms with Gasteiger partial charge in [-0.3, -0.25) is 4.79 Å². The van der Waals surface area contributed by atoms with Crippen molar-refractivity contribution in [1.82, 2.24) is 0 Å². The fraction of sp³-hybridized carbons (Fsp3) is 0.350. The highest BCUT2D eigenvalue weighted by molar-refractivity contribution is 6.83. The first-order chi connectivity index (χ1) is 10.3. The maximum Gasteiger partial charge on any atom is 0.190 e. The summed E-state index contributed by atoms with van der Waals surface area (Å²) < 4.78 is 0. The topological polar surface area (TPSA) is 17.1 Å². The Bertz CT molecular complexity index is 704. The van der Waals surface area contributed by atoms with Crippen LogP contribution in [0.2, 0.25) is 19.6 Å². The van der Waals surface area contributed by atoms with Gasteiger partial charge in [-0.15, -0.1) is 5.54 Å². The van der Waals surface area contributed by atoms with Crippen molar-refractivity contribution >= 4 is 13.9 Å². The monoisotopic (exact) mass is 308 g/mol. The summed E-state index contributed by atoms with van der Waals surface area (Å²) >= 11 is 0. The Labute approximate surface area is 135 Å². The molecular formula is C20H24OSi. The van der Waals surface area contributed by atoms with Gasteiger partial charge in [-0.05, 0) is 20.3 Å². The number of rotatable bonds is 2. The quantitative estimate of drug-likeness (QED) is 0.318. The summed E-state index contributed by atoms with van der Waals surface area (Å²) in [5.41, 5.74) is 8.75. The second-order valence-electron chi connectivity index (χ2n) is 7.07. The van der Waals surface area contributed by atoms with Crippen molar-refractivity contribution in [2.45, 2.75) is 46.3 Å². The summed E-state index contributed by atoms with van der Waals surface area (Å²) in [5.74, 6) is 3.48. The number of carbonyl (C=O) groups excluding carboxylic acids is 1. The standard InChI is InChI=1S/C20H24OSi/c1-15-13-18(11-12-22(3,4)5)19(14-16(15)2)20(21)17-9-7-6-8-10-17/h6-10H,13-14H2,1-5H3. The van der Waals surface area contributed by atoms with Crippen LogP contribution in [-0.2, 0) is 0 Å². The number of allylic oxidation sites excluding steroid dienone is 4. The summed E-state index contributed by atoms with van der Waals surface area (Å²) in [6, 6.07) is 9.54. The van der Waals surface area contributed by atoms with E-state index in [0.717, 1.165) is 29.6 Å². The molecule has 0 bridgehead atoms. The summed E-state index contributed by atoms with van der Waals surface area (Å²) in [4.78, 5) is 12.8. The van der Waals surface area contributed by atoms with E-state index in [1.165, 1.54) is 11.1 Å². The first-order valence-electron chi connectivity index (χ1n) is 7.78. The smallest absolute Gasteiger partial charge is 0.190 e. The van der Waals surface area contributed by atoms with Gasteiger partial charge in [0.05, 0.1) is 0 Å². The Morgan fingerprint density at radius 2 is 1.59 bits per heavy atom. The lowest BCUT2D eigenvalue weighted by atomic mass is 9.84. The molecule has 1 aliphatic carbocycles. The minimum atomic E-state index is -1.45. The van der Waals surface area contributed by atoms with Crippen LogP contribution < -0.4 is 0 Å². The van der Waals surface area contributed by atoms with Crippen molar-refractivity contribution in [3.63, 3.8) is 0 Å². The average molecular weight is 308 g/mol. The van der Waals surface area contributed by atoms with Crippen LogP contribution in [-0.4, -0.2) is 13.9 Å². The lowest BCUT2D eigenvalue weighted by Gasteiger charge is -2.19. The van der Waals surface area contributed by atoms with Crippen molar-refractivity contribution in [2.24, 2.45) is 0 Å². The van der Waals surface area contributed by atoms with E-state index < -0.39 is 8.07 Å². The van der Waals surface area contributed by atoms with E-state index in [1.807, 2.05) is 30.3 Å². The Balaban J connectivity index is 2.45. The molecule has 0 N–H and O–H groups in total. The van der Waals surface area contributed by atoms with E-state index in [0.29, 0.717) is 0 Å². The fourth-order valence-corrected chi connectivity index (χ4v) is 2.94. The highest BCUT2D eigenvalue weighted by atomic mass is 28.3. The van der Waals surface area contributed by atoms with E-state index in [-0.39, 0.29) is 5.78 Å². The molecule has 0 atom stereocenters. The normalized spacial score (nSPS) is 15.5. The first-order valence-corrected chi connectivity index (χ1v) is 11.3. The molecule has 0 radical (unpaired) electrons. The molecule has 1 aromatic rings. The summed E-state index contributed by atoms with van der Waals surface area (Å²) in [7, 11) is -1.45. The van der Waals surface area contributed by atoms with E-state index in [9.17, 15) is 4.79 Å². The van der Waals surface area contributed by atoms with E-state index in [1.54, 1.807) is 0 Å². The first kappa shape index (κ1) is 16.5. The zero-order valence-corrected chi connectivity index (χ0v) is 15.2. The predicted octanol–water partition coefficient (Wildman–Crippen LogP) is 5.18. The Morgan fingerprint density at radius 1 is 1.00 bits per heavy atom. The third-order valence-electron chi connectivity index (χ3n) is 3.88. The molecule has 0 saturated heterocycles. The molecule has 22 heavy (non-hydrogen) atoms. The van der Waals surface area contributed by atoms with E-state index in [2.05, 4.69) is 45.0 Å². The molecule has 1 aromatic carbocycles. The van der Waals surface area contributed by atoms with Crippen LogP contribution in [0.15, 0.2) is 52.6 Å². The van der Waals surface area contributed by atoms with Crippen molar-refractivity contribution in [3.8, 4) is 11.5 Å². The predicted molar refractivity (Wildman–Crippen MR) is 96.5 cm³/mol. The molecule has 0 aromatic heterocycles. The third-order valence-corrected chi connectivity index (χ3v) is 4.75. The molecule has 2 rings (SSSR count). The number of ketones is 1. The number of carbonyl (C=O) groups is 1. The number of hydrogen-bond acceptors (Lipinski definition) is 1. The highest BCUT2D eigenvalue weighted by Crippen LogP contribution is 2.31. The number of Topliss-reactive ketones (excluding diaryl/α,β-unsaturated/α-hetero) is 1. The van der Waals surface area contributed by atoms with Gasteiger partial charge in [0.25, 0.3) is 0 Å². The molecular weight excluding hydrogens is 284 g/mol. The van der Waals surface area contributed by atoms with Crippen molar-refractivity contribution in [1.29, 1.82) is 0 Å². The van der Waals surface area contributed by atoms with Crippen LogP contribution in [0, 0.1) is 11.5 Å². The molecule has 0 fully saturated rings. The van der Waals surface area contributed by atoms with E-state index in [4.69, 9.17) is 0 Å². The van der Waals surface area contributed by atoms with Gasteiger partial charge in [0.15, 0.2) is 5.78 Å². The van der Waals surface area contributed by atoms with Gasteiger partial charge in [0.1, 0.15) is 8.07 Å². The minimum absolute atomic E-state index is 0.132. The van der Waals surface area contributed by atoms with Crippen molar-refractivity contribution in [3.05, 3.63) is 58.2 Å². The molecule has 1 aliphatic rings. The molecule has 0 spiro atoms. The molecule has 0 amide bonds. The Kier molecular flexibility index (Phi) is 4.88. The molecule has 2 heteroatoms. The summed E-state index contributed by atoms with van der Waals surface area (Å²) in [6.07, 6.45) is 1.55. The minimum Gasteiger partial charge on any atom is -0.289 e. The molecule has 0 unspecified atom stereocenters. The largest absolute Gasteiger partial charge is 0.289 e. The van der Waals surface area contributed by atoms with Crippen LogP contribution in [0.5, 0.6) is 0 Å². The molecule has 0 saturated carbocycles. The summed E-state index contributed by atoms with van der Waals surface area (Å²) in [6.45, 7) is 11.0. The second kappa shape index (κ2) is 6.50. The second-order valence-corrected chi connectivity index (χ2v) is 11.8. The SMILES string of the molecule is CC1=C(C)CC(C(=O)c2ccccc2)=C(C#C[Si](C)(C)C)C1. The van der Waals surface area contributed by atoms with Crippen LogP contribution in [0.25, 0.3) is 0 Å². The third kappa shape index (κ3) is 4.08. The van der Waals surface area contributed by atoms with Gasteiger partial charge in [-0.1, -0.05) is 67.0 Å². The Morgan fingerprint density at radius 3 is 2.18 bits per heavy atom. The van der Waals surface area contributed by atoms with Crippen molar-refractivity contribution < 1.29 is 4.79 Å². The van der Waals surface area contributed by atoms with Gasteiger partial charge < -0.3 is 0 Å². The number of benzene rings is 1. The zero-order chi connectivity index (χ0) is 16.3. The van der Waals surface area contributed by atoms with Crippen LogP contribution in [0.4, 0.5) is 0 Å². The maximum atomic E-state index is 12.8. The fourth-order valence-electron chi connectivity index (χ4n) is 2.41. The number of hydrogen-bond donors (Lipinski definition) is 0.